The summed E-state index contributed by atoms with van der Waals surface area (Å²) in [4.78, 5) is 29.8. The summed E-state index contributed by atoms with van der Waals surface area (Å²) in [6.07, 6.45) is 0.124. The van der Waals surface area contributed by atoms with E-state index in [1.807, 2.05) is 44.2 Å². The van der Waals surface area contributed by atoms with E-state index in [-0.39, 0.29) is 51.1 Å². The first-order valence-electron chi connectivity index (χ1n) is 15.4. The number of rotatable bonds is 15. The summed E-state index contributed by atoms with van der Waals surface area (Å²) >= 11 is 19.1. The predicted octanol–water partition coefficient (Wildman–Crippen LogP) is 7.03. The molecule has 0 fully saturated rings. The number of sulfonamides is 1. The van der Waals surface area contributed by atoms with E-state index >= 15 is 0 Å². The van der Waals surface area contributed by atoms with Crippen molar-refractivity contribution in [1.29, 1.82) is 0 Å². The highest BCUT2D eigenvalue weighted by Gasteiger charge is 2.36. The normalized spacial score (nSPS) is 11.9. The van der Waals surface area contributed by atoms with Gasteiger partial charge in [0.05, 0.1) is 31.9 Å². The molecule has 4 aromatic rings. The number of hydrogen-bond acceptors (Lipinski definition) is 7. The van der Waals surface area contributed by atoms with E-state index in [2.05, 4.69) is 5.32 Å². The van der Waals surface area contributed by atoms with E-state index < -0.39 is 34.4 Å². The van der Waals surface area contributed by atoms with E-state index in [0.29, 0.717) is 16.3 Å². The Hall–Kier alpha value is -4.16. The van der Waals surface area contributed by atoms with E-state index in [0.717, 1.165) is 9.87 Å². The van der Waals surface area contributed by atoms with E-state index in [1.54, 1.807) is 12.1 Å². The Kier molecular flexibility index (Phi) is 13.3. The van der Waals surface area contributed by atoms with Crippen LogP contribution in [0.5, 0.6) is 17.2 Å². The van der Waals surface area contributed by atoms with Crippen LogP contribution in [-0.2, 0) is 32.6 Å². The molecule has 0 saturated heterocycles. The molecule has 0 aliphatic heterocycles. The van der Waals surface area contributed by atoms with Crippen molar-refractivity contribution in [2.75, 3.05) is 32.2 Å². The Morgan fingerprint density at radius 3 is 2.02 bits per heavy atom. The number of benzene rings is 4. The highest BCUT2D eigenvalue weighted by molar-refractivity contribution is 7.92. The van der Waals surface area contributed by atoms with Crippen LogP contribution >= 0.6 is 34.8 Å². The van der Waals surface area contributed by atoms with Gasteiger partial charge in [0, 0.05) is 40.1 Å². The Morgan fingerprint density at radius 1 is 0.780 bits per heavy atom. The van der Waals surface area contributed by atoms with E-state index in [4.69, 9.17) is 49.0 Å². The summed E-state index contributed by atoms with van der Waals surface area (Å²) in [7, 11) is -0.354. The van der Waals surface area contributed by atoms with Gasteiger partial charge in [-0.05, 0) is 67.4 Å². The second kappa shape index (κ2) is 17.2. The summed E-state index contributed by atoms with van der Waals surface area (Å²) in [5, 5.41) is 3.77. The van der Waals surface area contributed by atoms with Crippen LogP contribution in [0.1, 0.15) is 25.0 Å². The Labute approximate surface area is 307 Å². The lowest BCUT2D eigenvalue weighted by molar-refractivity contribution is -0.140. The monoisotopic (exact) mass is 761 g/mol. The van der Waals surface area contributed by atoms with Crippen molar-refractivity contribution in [2.24, 2.45) is 0 Å². The number of halogens is 3. The van der Waals surface area contributed by atoms with E-state index in [1.165, 1.54) is 68.7 Å². The zero-order valence-electron chi connectivity index (χ0n) is 28.2. The average molecular weight is 763 g/mol. The van der Waals surface area contributed by atoms with Gasteiger partial charge in [0.1, 0.15) is 18.3 Å². The average Bonchev–Trinajstić information content (AvgIpc) is 3.09. The zero-order valence-corrected chi connectivity index (χ0v) is 31.2. The molecule has 0 unspecified atom stereocenters. The van der Waals surface area contributed by atoms with Crippen LogP contribution in [0.2, 0.25) is 15.1 Å². The van der Waals surface area contributed by atoms with Gasteiger partial charge in [-0.1, -0.05) is 71.2 Å². The molecule has 0 saturated carbocycles. The zero-order chi connectivity index (χ0) is 36.6. The molecule has 2 amide bonds. The highest BCUT2D eigenvalue weighted by atomic mass is 35.5. The molecule has 10 nitrogen and oxygen atoms in total. The summed E-state index contributed by atoms with van der Waals surface area (Å²) in [5.74, 6) is -0.540. The van der Waals surface area contributed by atoms with Crippen LogP contribution in [0.15, 0.2) is 89.8 Å². The fraction of sp³-hybridized carbons (Fsp3) is 0.278. The maximum Gasteiger partial charge on any atom is 0.265 e. The maximum atomic E-state index is 14.8. The lowest BCUT2D eigenvalue weighted by Gasteiger charge is -2.34. The third-order valence-corrected chi connectivity index (χ3v) is 10.3. The maximum absolute atomic E-state index is 14.8. The van der Waals surface area contributed by atoms with Crippen LogP contribution in [0.4, 0.5) is 5.69 Å². The van der Waals surface area contributed by atoms with Gasteiger partial charge in [0.2, 0.25) is 11.8 Å². The minimum Gasteiger partial charge on any atom is -0.495 e. The second-order valence-corrected chi connectivity index (χ2v) is 14.6. The second-order valence-electron chi connectivity index (χ2n) is 11.5. The Bertz CT molecular complexity index is 1930. The Balaban J connectivity index is 1.90. The smallest absolute Gasteiger partial charge is 0.265 e. The van der Waals surface area contributed by atoms with Gasteiger partial charge in [0.15, 0.2) is 11.5 Å². The number of nitrogens with zero attached hydrogens (tertiary/aromatic N) is 2. The fourth-order valence-electron chi connectivity index (χ4n) is 5.24. The minimum absolute atomic E-state index is 0.00106. The summed E-state index contributed by atoms with van der Waals surface area (Å²) < 4.78 is 46.3. The Morgan fingerprint density at radius 2 is 1.40 bits per heavy atom. The van der Waals surface area contributed by atoms with Crippen LogP contribution < -0.4 is 23.8 Å². The van der Waals surface area contributed by atoms with Crippen molar-refractivity contribution in [2.45, 2.75) is 43.8 Å². The molecule has 4 rings (SSSR count). The number of amides is 2. The minimum atomic E-state index is -4.53. The van der Waals surface area contributed by atoms with E-state index in [9.17, 15) is 18.0 Å². The topological polar surface area (TPSA) is 114 Å². The lowest BCUT2D eigenvalue weighted by atomic mass is 10.0. The molecule has 14 heteroatoms. The van der Waals surface area contributed by atoms with Crippen LogP contribution in [0.3, 0.4) is 0 Å². The number of carbonyl (C=O) groups excluding carboxylic acids is 2. The van der Waals surface area contributed by atoms with Gasteiger partial charge >= 0.3 is 0 Å². The SMILES string of the molecule is COc1ccc(S(=O)(=O)N(CC(=O)N(Cc2ccc(Cl)cc2Cl)[C@H](Cc2ccccc2)C(=O)NC(C)C)c2cc(Cl)ccc2OC)cc1OC. The molecule has 0 spiro atoms. The molecule has 0 heterocycles. The first kappa shape index (κ1) is 38.6. The van der Waals surface area contributed by atoms with Gasteiger partial charge in [-0.25, -0.2) is 8.42 Å². The molecule has 4 aromatic carbocycles. The molecule has 1 atom stereocenters. The molecule has 0 aromatic heterocycles. The van der Waals surface area contributed by atoms with Crippen molar-refractivity contribution in [1.82, 2.24) is 10.2 Å². The molecular formula is C36H38Cl3N3O7S. The third-order valence-electron chi connectivity index (χ3n) is 7.69. The number of anilines is 1. The number of methoxy groups -OCH3 is 3. The van der Waals surface area contributed by atoms with Crippen molar-refractivity contribution < 1.29 is 32.2 Å². The van der Waals surface area contributed by atoms with Crippen molar-refractivity contribution in [3.63, 3.8) is 0 Å². The lowest BCUT2D eigenvalue weighted by Crippen LogP contribution is -2.54. The molecule has 0 aliphatic carbocycles. The quantitative estimate of drug-likeness (QED) is 0.138. The van der Waals surface area contributed by atoms with Crippen LogP contribution in [0.25, 0.3) is 0 Å². The van der Waals surface area contributed by atoms with Gasteiger partial charge < -0.3 is 24.4 Å². The summed E-state index contributed by atoms with van der Waals surface area (Å²) in [5.41, 5.74) is 1.27. The number of ether oxygens (including phenoxy) is 3. The first-order chi connectivity index (χ1) is 23.8. The highest BCUT2D eigenvalue weighted by Crippen LogP contribution is 2.37. The molecule has 0 aliphatic rings. The van der Waals surface area contributed by atoms with Crippen molar-refractivity contribution in [3.8, 4) is 17.2 Å². The summed E-state index contributed by atoms with van der Waals surface area (Å²) in [6, 6.07) is 21.2. The molecule has 266 valence electrons. The van der Waals surface area contributed by atoms with Crippen LogP contribution in [-0.4, -0.2) is 65.1 Å². The van der Waals surface area contributed by atoms with Gasteiger partial charge in [0.25, 0.3) is 10.0 Å². The molecule has 1 N–H and O–H groups in total. The number of hydrogen-bond donors (Lipinski definition) is 1. The molecular weight excluding hydrogens is 725 g/mol. The van der Waals surface area contributed by atoms with Gasteiger partial charge in [-0.3, -0.25) is 13.9 Å². The standard InChI is InChI=1S/C36H38Cl3N3O7S/c1-23(2)40-36(44)31(17-24-9-7-6-8-10-24)41(21-25-11-12-26(37)18-29(25)39)35(43)22-42(30-19-27(38)13-15-32(30)47-3)50(45,46)28-14-16-33(48-4)34(20-28)49-5/h6-16,18-20,23,31H,17,21-22H2,1-5H3,(H,40,44)/t31-/m1/s1. The first-order valence-corrected chi connectivity index (χ1v) is 18.0. The predicted molar refractivity (Wildman–Crippen MR) is 196 cm³/mol. The number of carbonyl (C=O) groups is 2. The van der Waals surface area contributed by atoms with Gasteiger partial charge in [-0.15, -0.1) is 0 Å². The van der Waals surface area contributed by atoms with Gasteiger partial charge in [-0.2, -0.15) is 0 Å². The molecule has 50 heavy (non-hydrogen) atoms. The van der Waals surface area contributed by atoms with Crippen molar-refractivity contribution >= 4 is 62.3 Å². The van der Waals surface area contributed by atoms with Crippen molar-refractivity contribution in [3.05, 3.63) is 111 Å². The fourth-order valence-corrected chi connectivity index (χ4v) is 7.31. The molecule has 0 bridgehead atoms. The van der Waals surface area contributed by atoms with Crippen LogP contribution in [0, 0.1) is 0 Å². The molecule has 0 radical (unpaired) electrons. The summed E-state index contributed by atoms with van der Waals surface area (Å²) in [6.45, 7) is 2.72. The largest absolute Gasteiger partial charge is 0.495 e. The third kappa shape index (κ3) is 9.33. The number of nitrogens with one attached hydrogen (secondary N) is 1.